The van der Waals surface area contributed by atoms with E-state index >= 15 is 0 Å². The molecule has 1 atom stereocenters. The third kappa shape index (κ3) is 3.81. The third-order valence-electron chi connectivity index (χ3n) is 4.58. The maximum atomic E-state index is 14.5. The number of aliphatic imine (C=N–C) groups is 1. The van der Waals surface area contributed by atoms with Gasteiger partial charge in [0.2, 0.25) is 0 Å². The Kier molecular flexibility index (Phi) is 4.74. The van der Waals surface area contributed by atoms with Crippen molar-refractivity contribution in [2.24, 2.45) is 4.99 Å². The summed E-state index contributed by atoms with van der Waals surface area (Å²) in [7, 11) is -4.22. The molecule has 9 nitrogen and oxygen atoms in total. The van der Waals surface area contributed by atoms with E-state index in [2.05, 4.69) is 15.6 Å². The number of guanidine groups is 1. The lowest BCUT2D eigenvalue weighted by Crippen LogP contribution is -2.35. The number of halogens is 1. The van der Waals surface area contributed by atoms with E-state index in [1.165, 1.54) is 6.07 Å². The van der Waals surface area contributed by atoms with Crippen LogP contribution >= 0.6 is 0 Å². The Labute approximate surface area is 166 Å². The number of rotatable bonds is 4. The van der Waals surface area contributed by atoms with Crippen LogP contribution in [0.5, 0.6) is 5.75 Å². The molecular formula is C18H18FN5O4S. The van der Waals surface area contributed by atoms with Gasteiger partial charge in [-0.15, -0.1) is 0 Å². The molecule has 1 amide bonds. The highest BCUT2D eigenvalue weighted by atomic mass is 32.2. The molecule has 1 saturated heterocycles. The molecule has 2 aromatic carbocycles. The predicted molar refractivity (Wildman–Crippen MR) is 104 cm³/mol. The smallest absolute Gasteiger partial charge is 0.326 e. The molecule has 11 heteroatoms. The number of benzene rings is 2. The minimum Gasteiger partial charge on any atom is -0.506 e. The van der Waals surface area contributed by atoms with Crippen molar-refractivity contribution in [3.05, 3.63) is 59.4 Å². The van der Waals surface area contributed by atoms with Crippen LogP contribution in [0.25, 0.3) is 0 Å². The van der Waals surface area contributed by atoms with Crippen molar-refractivity contribution < 1.29 is 22.7 Å². The van der Waals surface area contributed by atoms with Crippen molar-refractivity contribution in [1.29, 1.82) is 0 Å². The molecule has 1 fully saturated rings. The molecule has 0 aliphatic carbocycles. The zero-order chi connectivity index (χ0) is 20.6. The summed E-state index contributed by atoms with van der Waals surface area (Å²) in [5.41, 5.74) is 0.913. The highest BCUT2D eigenvalue weighted by molar-refractivity contribution is 7.92. The lowest BCUT2D eigenvalue weighted by Gasteiger charge is -2.18. The Morgan fingerprint density at radius 3 is 2.69 bits per heavy atom. The standard InChI is InChI=1S/C18H18FN5O4S/c19-13-6-11(7-15(25)17(13)24-10-16(26)23-29(24,27)28)8-20-18-21-9-14(22-18)12-4-2-1-3-5-12/h1-7,14,25H,8-10H2,(H,23,26)(H2,20,21,22). The number of nitrogens with one attached hydrogen (secondary N) is 3. The fourth-order valence-corrected chi connectivity index (χ4v) is 4.41. The van der Waals surface area contributed by atoms with Gasteiger partial charge in [-0.25, -0.2) is 13.4 Å². The van der Waals surface area contributed by atoms with Crippen LogP contribution in [0.3, 0.4) is 0 Å². The molecule has 2 aliphatic rings. The van der Waals surface area contributed by atoms with E-state index in [0.29, 0.717) is 22.4 Å². The zero-order valence-electron chi connectivity index (χ0n) is 15.1. The van der Waals surface area contributed by atoms with Crippen LogP contribution in [0.2, 0.25) is 0 Å². The Morgan fingerprint density at radius 1 is 1.28 bits per heavy atom. The van der Waals surface area contributed by atoms with Crippen LogP contribution in [0, 0.1) is 5.82 Å². The molecule has 0 radical (unpaired) electrons. The molecule has 0 aromatic heterocycles. The highest BCUT2D eigenvalue weighted by Gasteiger charge is 2.37. The summed E-state index contributed by atoms with van der Waals surface area (Å²) in [5.74, 6) is -1.79. The number of nitrogens with zero attached hydrogens (tertiary/aromatic N) is 2. The molecular weight excluding hydrogens is 401 g/mol. The minimum atomic E-state index is -4.22. The lowest BCUT2D eigenvalue weighted by molar-refractivity contribution is -0.117. The number of phenolic OH excluding ortho intramolecular Hbond substituents is 1. The number of aromatic hydroxyl groups is 1. The number of phenols is 1. The number of amides is 1. The Balaban J connectivity index is 1.44. The Hall–Kier alpha value is -3.34. The van der Waals surface area contributed by atoms with E-state index in [9.17, 15) is 22.7 Å². The van der Waals surface area contributed by atoms with Crippen LogP contribution in [-0.4, -0.2) is 38.5 Å². The van der Waals surface area contributed by atoms with E-state index in [1.54, 1.807) is 4.72 Å². The molecule has 0 saturated carbocycles. The first-order valence-electron chi connectivity index (χ1n) is 8.78. The summed E-state index contributed by atoms with van der Waals surface area (Å²) < 4.78 is 40.6. The van der Waals surface area contributed by atoms with Gasteiger partial charge in [0.1, 0.15) is 18.0 Å². The van der Waals surface area contributed by atoms with Gasteiger partial charge in [0, 0.05) is 6.54 Å². The summed E-state index contributed by atoms with van der Waals surface area (Å²) in [6.07, 6.45) is 0. The highest BCUT2D eigenvalue weighted by Crippen LogP contribution is 2.34. The van der Waals surface area contributed by atoms with Gasteiger partial charge in [0.05, 0.1) is 12.6 Å². The maximum absolute atomic E-state index is 14.5. The first-order chi connectivity index (χ1) is 13.8. The van der Waals surface area contributed by atoms with Gasteiger partial charge >= 0.3 is 10.2 Å². The summed E-state index contributed by atoms with van der Waals surface area (Å²) in [5, 5.41) is 16.4. The molecule has 152 valence electrons. The first kappa shape index (κ1) is 19.0. The molecule has 0 bridgehead atoms. The number of carbonyl (C=O) groups is 1. The van der Waals surface area contributed by atoms with Crippen LogP contribution in [-0.2, 0) is 21.5 Å². The quantitative estimate of drug-likeness (QED) is 0.573. The zero-order valence-corrected chi connectivity index (χ0v) is 15.9. The summed E-state index contributed by atoms with van der Waals surface area (Å²) >= 11 is 0. The molecule has 2 aliphatic heterocycles. The molecule has 2 aromatic rings. The van der Waals surface area contributed by atoms with Gasteiger partial charge in [0.15, 0.2) is 11.8 Å². The molecule has 4 N–H and O–H groups in total. The van der Waals surface area contributed by atoms with Gasteiger partial charge < -0.3 is 15.7 Å². The second kappa shape index (κ2) is 7.24. The van der Waals surface area contributed by atoms with Crippen molar-refractivity contribution in [3.63, 3.8) is 0 Å². The molecule has 0 spiro atoms. The van der Waals surface area contributed by atoms with Crippen LogP contribution < -0.4 is 19.7 Å². The van der Waals surface area contributed by atoms with Gasteiger partial charge in [-0.1, -0.05) is 30.3 Å². The van der Waals surface area contributed by atoms with Crippen LogP contribution in [0.15, 0.2) is 47.5 Å². The van der Waals surface area contributed by atoms with Gasteiger partial charge in [-0.3, -0.25) is 9.79 Å². The normalized spacial score (nSPS) is 20.2. The van der Waals surface area contributed by atoms with E-state index in [1.807, 2.05) is 30.3 Å². The van der Waals surface area contributed by atoms with Gasteiger partial charge in [0.25, 0.3) is 5.91 Å². The average Bonchev–Trinajstić information content (AvgIpc) is 3.24. The summed E-state index contributed by atoms with van der Waals surface area (Å²) in [6.45, 7) is 0.118. The first-order valence-corrected chi connectivity index (χ1v) is 10.2. The van der Waals surface area contributed by atoms with E-state index in [4.69, 9.17) is 0 Å². The monoisotopic (exact) mass is 419 g/mol. The largest absolute Gasteiger partial charge is 0.506 e. The number of hydrogen-bond donors (Lipinski definition) is 4. The van der Waals surface area contributed by atoms with Crippen molar-refractivity contribution in [2.45, 2.75) is 12.6 Å². The van der Waals surface area contributed by atoms with Crippen molar-refractivity contribution in [3.8, 4) is 5.75 Å². The maximum Gasteiger partial charge on any atom is 0.326 e. The number of hydrogen-bond acceptors (Lipinski definition) is 7. The van der Waals surface area contributed by atoms with Gasteiger partial charge in [-0.05, 0) is 23.3 Å². The molecule has 29 heavy (non-hydrogen) atoms. The van der Waals surface area contributed by atoms with E-state index in [-0.39, 0.29) is 12.6 Å². The molecule has 1 unspecified atom stereocenters. The van der Waals surface area contributed by atoms with Gasteiger partial charge in [-0.2, -0.15) is 8.42 Å². The van der Waals surface area contributed by atoms with Crippen LogP contribution in [0.4, 0.5) is 10.1 Å². The SMILES string of the molecule is O=C1CN(c2c(O)cc(CNC3=NCC(c4ccccc4)N3)cc2F)S(=O)(=O)N1. The second-order valence-electron chi connectivity index (χ2n) is 6.63. The molecule has 4 rings (SSSR count). The topological polar surface area (TPSA) is 123 Å². The van der Waals surface area contributed by atoms with Crippen molar-refractivity contribution in [1.82, 2.24) is 15.4 Å². The van der Waals surface area contributed by atoms with E-state index in [0.717, 1.165) is 11.6 Å². The number of carbonyl (C=O) groups excluding carboxylic acids is 1. The number of anilines is 1. The Morgan fingerprint density at radius 2 is 2.03 bits per heavy atom. The minimum absolute atomic E-state index is 0.0385. The van der Waals surface area contributed by atoms with Crippen LogP contribution in [0.1, 0.15) is 17.2 Å². The van der Waals surface area contributed by atoms with E-state index < -0.39 is 39.9 Å². The fraction of sp³-hybridized carbons (Fsp3) is 0.222. The van der Waals surface area contributed by atoms with Crippen molar-refractivity contribution >= 4 is 27.8 Å². The summed E-state index contributed by atoms with van der Waals surface area (Å²) in [4.78, 5) is 15.7. The average molecular weight is 419 g/mol. The van der Waals surface area contributed by atoms with Crippen molar-refractivity contribution in [2.75, 3.05) is 17.4 Å². The third-order valence-corrected chi connectivity index (χ3v) is 5.96. The predicted octanol–water partition coefficient (Wildman–Crippen LogP) is 0.502. The molecule has 2 heterocycles. The Bertz CT molecular complexity index is 1070. The summed E-state index contributed by atoms with van der Waals surface area (Å²) in [6, 6.07) is 12.2. The lowest BCUT2D eigenvalue weighted by atomic mass is 10.1. The fourth-order valence-electron chi connectivity index (χ4n) is 3.24. The second-order valence-corrected chi connectivity index (χ2v) is 8.23.